The van der Waals surface area contributed by atoms with Gasteiger partial charge < -0.3 is 19.1 Å². The fourth-order valence-electron chi connectivity index (χ4n) is 3.72. The van der Waals surface area contributed by atoms with Crippen molar-refractivity contribution < 1.29 is 19.1 Å². The molecule has 1 aliphatic heterocycles. The number of carbonyl (C=O) groups excluding carboxylic acids is 3. The van der Waals surface area contributed by atoms with E-state index in [1.165, 1.54) is 9.80 Å². The SMILES string of the molecule is CCOC(=O)CC1C(=O)N(CCc2ccc(Cl)cc2Cl)CC(=O)N1CCCn1ccnc1. The lowest BCUT2D eigenvalue weighted by atomic mass is 10.0. The minimum atomic E-state index is -0.876. The monoisotopic (exact) mass is 480 g/mol. The third-order valence-electron chi connectivity index (χ3n) is 5.33. The van der Waals surface area contributed by atoms with E-state index >= 15 is 0 Å². The molecule has 32 heavy (non-hydrogen) atoms. The molecule has 2 amide bonds. The highest BCUT2D eigenvalue weighted by atomic mass is 35.5. The van der Waals surface area contributed by atoms with Crippen molar-refractivity contribution in [1.29, 1.82) is 0 Å². The molecule has 10 heteroatoms. The Labute approximate surface area is 197 Å². The Morgan fingerprint density at radius 1 is 1.22 bits per heavy atom. The fourth-order valence-corrected chi connectivity index (χ4v) is 4.22. The smallest absolute Gasteiger partial charge is 0.308 e. The van der Waals surface area contributed by atoms with Gasteiger partial charge in [0.25, 0.3) is 0 Å². The number of halogens is 2. The summed E-state index contributed by atoms with van der Waals surface area (Å²) in [7, 11) is 0. The van der Waals surface area contributed by atoms with Gasteiger partial charge in [-0.3, -0.25) is 14.4 Å². The molecule has 0 aliphatic carbocycles. The lowest BCUT2D eigenvalue weighted by Gasteiger charge is -2.40. The first-order chi connectivity index (χ1) is 15.4. The van der Waals surface area contributed by atoms with Crippen molar-refractivity contribution in [2.75, 3.05) is 26.2 Å². The number of benzene rings is 1. The van der Waals surface area contributed by atoms with Crippen molar-refractivity contribution in [3.63, 3.8) is 0 Å². The summed E-state index contributed by atoms with van der Waals surface area (Å²) in [5.74, 6) is -0.946. The number of imidazole rings is 1. The largest absolute Gasteiger partial charge is 0.466 e. The van der Waals surface area contributed by atoms with E-state index in [9.17, 15) is 14.4 Å². The van der Waals surface area contributed by atoms with E-state index in [1.807, 2.05) is 10.8 Å². The van der Waals surface area contributed by atoms with Gasteiger partial charge in [-0.1, -0.05) is 29.3 Å². The van der Waals surface area contributed by atoms with Crippen LogP contribution in [0, 0.1) is 0 Å². The van der Waals surface area contributed by atoms with Gasteiger partial charge in [0.05, 0.1) is 25.9 Å². The average molecular weight is 481 g/mol. The van der Waals surface area contributed by atoms with Crippen molar-refractivity contribution in [2.24, 2.45) is 0 Å². The van der Waals surface area contributed by atoms with E-state index in [0.29, 0.717) is 42.5 Å². The highest BCUT2D eigenvalue weighted by molar-refractivity contribution is 6.35. The Morgan fingerprint density at radius 2 is 2.03 bits per heavy atom. The number of esters is 1. The average Bonchev–Trinajstić information content (AvgIpc) is 3.26. The highest BCUT2D eigenvalue weighted by Crippen LogP contribution is 2.23. The summed E-state index contributed by atoms with van der Waals surface area (Å²) >= 11 is 12.2. The summed E-state index contributed by atoms with van der Waals surface area (Å²) in [6.45, 7) is 3.22. The van der Waals surface area contributed by atoms with Crippen LogP contribution in [0.5, 0.6) is 0 Å². The molecule has 0 saturated carbocycles. The second-order valence-electron chi connectivity index (χ2n) is 7.51. The number of rotatable bonds is 10. The maximum Gasteiger partial charge on any atom is 0.308 e. The molecule has 1 atom stereocenters. The second-order valence-corrected chi connectivity index (χ2v) is 8.36. The molecule has 0 N–H and O–H groups in total. The van der Waals surface area contributed by atoms with Crippen molar-refractivity contribution in [1.82, 2.24) is 19.4 Å². The Bertz CT molecular complexity index is 951. The molecular formula is C22H26Cl2N4O4. The molecule has 8 nitrogen and oxygen atoms in total. The van der Waals surface area contributed by atoms with E-state index in [0.717, 1.165) is 5.56 Å². The Morgan fingerprint density at radius 3 is 2.72 bits per heavy atom. The maximum atomic E-state index is 13.2. The van der Waals surface area contributed by atoms with Crippen molar-refractivity contribution in [3.05, 3.63) is 52.5 Å². The molecule has 1 aromatic carbocycles. The Balaban J connectivity index is 1.68. The molecule has 3 rings (SSSR count). The first kappa shape index (κ1) is 24.1. The van der Waals surface area contributed by atoms with Crippen molar-refractivity contribution in [2.45, 2.75) is 38.8 Å². The van der Waals surface area contributed by atoms with E-state index < -0.39 is 12.0 Å². The van der Waals surface area contributed by atoms with Gasteiger partial charge in [0.15, 0.2) is 0 Å². The van der Waals surface area contributed by atoms with Crippen LogP contribution in [-0.2, 0) is 32.1 Å². The van der Waals surface area contributed by atoms with Crippen LogP contribution in [-0.4, -0.2) is 69.4 Å². The van der Waals surface area contributed by atoms with Crippen LogP contribution in [0.4, 0.5) is 0 Å². The predicted molar refractivity (Wildman–Crippen MR) is 120 cm³/mol. The first-order valence-electron chi connectivity index (χ1n) is 10.5. The molecule has 1 saturated heterocycles. The molecule has 1 aromatic heterocycles. The lowest BCUT2D eigenvalue weighted by molar-refractivity contribution is -0.160. The molecule has 1 aliphatic rings. The Hall–Kier alpha value is -2.58. The molecule has 0 radical (unpaired) electrons. The second kappa shape index (κ2) is 11.3. The minimum Gasteiger partial charge on any atom is -0.466 e. The molecule has 1 unspecified atom stereocenters. The van der Waals surface area contributed by atoms with Gasteiger partial charge in [-0.15, -0.1) is 0 Å². The number of hydrogen-bond donors (Lipinski definition) is 0. The van der Waals surface area contributed by atoms with Crippen LogP contribution in [0.1, 0.15) is 25.3 Å². The van der Waals surface area contributed by atoms with Crippen molar-refractivity contribution >= 4 is 41.0 Å². The van der Waals surface area contributed by atoms with Crippen LogP contribution >= 0.6 is 23.2 Å². The summed E-state index contributed by atoms with van der Waals surface area (Å²) in [4.78, 5) is 45.3. The van der Waals surface area contributed by atoms with Gasteiger partial charge in [-0.25, -0.2) is 4.98 Å². The zero-order valence-electron chi connectivity index (χ0n) is 17.9. The van der Waals surface area contributed by atoms with E-state index in [1.54, 1.807) is 37.6 Å². The van der Waals surface area contributed by atoms with Crippen LogP contribution < -0.4 is 0 Å². The first-order valence-corrected chi connectivity index (χ1v) is 11.3. The van der Waals surface area contributed by atoms with Gasteiger partial charge in [-0.2, -0.15) is 0 Å². The molecule has 2 heterocycles. The number of amides is 2. The van der Waals surface area contributed by atoms with Crippen LogP contribution in [0.25, 0.3) is 0 Å². The zero-order chi connectivity index (χ0) is 23.1. The summed E-state index contributed by atoms with van der Waals surface area (Å²) < 4.78 is 6.94. The van der Waals surface area contributed by atoms with Crippen molar-refractivity contribution in [3.8, 4) is 0 Å². The normalized spacial score (nSPS) is 16.5. The van der Waals surface area contributed by atoms with Crippen LogP contribution in [0.15, 0.2) is 36.9 Å². The third kappa shape index (κ3) is 6.23. The predicted octanol–water partition coefficient (Wildman–Crippen LogP) is 2.82. The number of piperazine rings is 1. The number of hydrogen-bond acceptors (Lipinski definition) is 5. The zero-order valence-corrected chi connectivity index (χ0v) is 19.4. The summed E-state index contributed by atoms with van der Waals surface area (Å²) in [6.07, 6.45) is 6.16. The highest BCUT2D eigenvalue weighted by Gasteiger charge is 2.40. The minimum absolute atomic E-state index is 0.0333. The van der Waals surface area contributed by atoms with E-state index in [2.05, 4.69) is 4.98 Å². The standard InChI is InChI=1S/C22H26Cl2N4O4/c1-2-32-21(30)13-19-22(31)27(10-6-16-4-5-17(23)12-18(16)24)14-20(29)28(19)9-3-8-26-11-7-25-15-26/h4-5,7,11-12,15,19H,2-3,6,8-10,13-14H2,1H3. The molecule has 172 valence electrons. The molecular weight excluding hydrogens is 455 g/mol. The van der Waals surface area contributed by atoms with Gasteiger partial charge in [0, 0.05) is 42.1 Å². The summed E-state index contributed by atoms with van der Waals surface area (Å²) in [5, 5.41) is 1.04. The molecule has 0 spiro atoms. The van der Waals surface area contributed by atoms with Gasteiger partial charge in [0.1, 0.15) is 6.04 Å². The number of aryl methyl sites for hydroxylation is 1. The van der Waals surface area contributed by atoms with E-state index in [4.69, 9.17) is 27.9 Å². The number of aromatic nitrogens is 2. The summed E-state index contributed by atoms with van der Waals surface area (Å²) in [6, 6.07) is 4.31. The summed E-state index contributed by atoms with van der Waals surface area (Å²) in [5.41, 5.74) is 0.834. The molecule has 2 aromatic rings. The van der Waals surface area contributed by atoms with Gasteiger partial charge in [0.2, 0.25) is 11.8 Å². The topological polar surface area (TPSA) is 84.7 Å². The number of ether oxygens (including phenoxy) is 1. The quantitative estimate of drug-likeness (QED) is 0.488. The number of nitrogens with zero attached hydrogens (tertiary/aromatic N) is 4. The number of carbonyl (C=O) groups is 3. The van der Waals surface area contributed by atoms with Gasteiger partial charge >= 0.3 is 5.97 Å². The maximum absolute atomic E-state index is 13.2. The van der Waals surface area contributed by atoms with Crippen LogP contribution in [0.3, 0.4) is 0 Å². The molecule has 1 fully saturated rings. The Kier molecular flexibility index (Phi) is 8.53. The third-order valence-corrected chi connectivity index (χ3v) is 5.91. The van der Waals surface area contributed by atoms with E-state index in [-0.39, 0.29) is 31.4 Å². The van der Waals surface area contributed by atoms with Gasteiger partial charge in [-0.05, 0) is 37.5 Å². The fraction of sp³-hybridized carbons (Fsp3) is 0.455. The lowest BCUT2D eigenvalue weighted by Crippen LogP contribution is -2.61. The van der Waals surface area contributed by atoms with Crippen LogP contribution in [0.2, 0.25) is 10.0 Å². The molecule has 0 bridgehead atoms.